The second kappa shape index (κ2) is 7.51. The lowest BCUT2D eigenvalue weighted by Crippen LogP contribution is -2.40. The number of furan rings is 1. The SMILES string of the molecule is Cc1occc1-c1nnc(SCC(=O)N2c3ccccc3NC(=O)C[C@@H]2C)o1. The number of fused-ring (bicyclic) bond motifs is 1. The maximum atomic E-state index is 13.0. The van der Waals surface area contributed by atoms with Gasteiger partial charge in [0.25, 0.3) is 11.1 Å². The van der Waals surface area contributed by atoms with Crippen LogP contribution < -0.4 is 10.2 Å². The molecule has 2 amide bonds. The zero-order valence-corrected chi connectivity index (χ0v) is 16.2. The summed E-state index contributed by atoms with van der Waals surface area (Å²) >= 11 is 1.16. The van der Waals surface area contributed by atoms with Crippen LogP contribution >= 0.6 is 11.8 Å². The minimum absolute atomic E-state index is 0.110. The molecule has 0 saturated heterocycles. The average molecular weight is 398 g/mol. The predicted molar refractivity (Wildman–Crippen MR) is 104 cm³/mol. The van der Waals surface area contributed by atoms with Crippen molar-refractivity contribution in [1.29, 1.82) is 0 Å². The molecule has 1 atom stereocenters. The van der Waals surface area contributed by atoms with Crippen LogP contribution in [0.25, 0.3) is 11.5 Å². The number of rotatable bonds is 4. The first-order valence-electron chi connectivity index (χ1n) is 8.74. The fourth-order valence-electron chi connectivity index (χ4n) is 3.14. The molecule has 1 aliphatic heterocycles. The lowest BCUT2D eigenvalue weighted by Gasteiger charge is -2.27. The molecule has 0 bridgehead atoms. The zero-order valence-electron chi connectivity index (χ0n) is 15.3. The van der Waals surface area contributed by atoms with Gasteiger partial charge in [0.1, 0.15) is 5.76 Å². The maximum absolute atomic E-state index is 13.0. The van der Waals surface area contributed by atoms with E-state index >= 15 is 0 Å². The number of anilines is 2. The molecule has 3 aromatic rings. The van der Waals surface area contributed by atoms with Gasteiger partial charge in [-0.1, -0.05) is 23.9 Å². The molecule has 2 aromatic heterocycles. The molecule has 0 unspecified atom stereocenters. The summed E-state index contributed by atoms with van der Waals surface area (Å²) in [5.74, 6) is 0.896. The first-order valence-corrected chi connectivity index (χ1v) is 9.73. The molecule has 9 heteroatoms. The van der Waals surface area contributed by atoms with Gasteiger partial charge in [0.2, 0.25) is 11.8 Å². The molecular weight excluding hydrogens is 380 g/mol. The van der Waals surface area contributed by atoms with Crippen LogP contribution in [0.1, 0.15) is 19.1 Å². The number of hydrogen-bond acceptors (Lipinski definition) is 7. The molecule has 4 rings (SSSR count). The van der Waals surface area contributed by atoms with Crippen LogP contribution in [0.2, 0.25) is 0 Å². The highest BCUT2D eigenvalue weighted by molar-refractivity contribution is 7.99. The van der Waals surface area contributed by atoms with Crippen molar-refractivity contribution in [3.8, 4) is 11.5 Å². The fraction of sp³-hybridized carbons (Fsp3) is 0.263. The maximum Gasteiger partial charge on any atom is 0.277 e. The van der Waals surface area contributed by atoms with Crippen molar-refractivity contribution in [1.82, 2.24) is 10.2 Å². The molecule has 0 radical (unpaired) electrons. The Kier molecular flexibility index (Phi) is 4.91. The number of hydrogen-bond donors (Lipinski definition) is 1. The molecule has 1 N–H and O–H groups in total. The molecule has 28 heavy (non-hydrogen) atoms. The van der Waals surface area contributed by atoms with Crippen molar-refractivity contribution < 1.29 is 18.4 Å². The van der Waals surface area contributed by atoms with Crippen LogP contribution in [0, 0.1) is 6.92 Å². The van der Waals surface area contributed by atoms with Crippen LogP contribution in [0.4, 0.5) is 11.4 Å². The second-order valence-electron chi connectivity index (χ2n) is 6.43. The van der Waals surface area contributed by atoms with Crippen LogP contribution in [-0.2, 0) is 9.59 Å². The Morgan fingerprint density at radius 3 is 2.93 bits per heavy atom. The lowest BCUT2D eigenvalue weighted by atomic mass is 10.2. The number of thioether (sulfide) groups is 1. The summed E-state index contributed by atoms with van der Waals surface area (Å²) in [7, 11) is 0. The summed E-state index contributed by atoms with van der Waals surface area (Å²) in [6, 6.07) is 8.77. The van der Waals surface area contributed by atoms with Gasteiger partial charge in [-0.3, -0.25) is 9.59 Å². The molecule has 0 saturated carbocycles. The van der Waals surface area contributed by atoms with Gasteiger partial charge < -0.3 is 19.1 Å². The quantitative estimate of drug-likeness (QED) is 0.671. The number of benzene rings is 1. The third-order valence-corrected chi connectivity index (χ3v) is 5.25. The number of aromatic nitrogens is 2. The summed E-state index contributed by atoms with van der Waals surface area (Å²) < 4.78 is 10.9. The number of nitrogens with one attached hydrogen (secondary N) is 1. The summed E-state index contributed by atoms with van der Waals surface area (Å²) in [4.78, 5) is 26.7. The largest absolute Gasteiger partial charge is 0.469 e. The van der Waals surface area contributed by atoms with Crippen molar-refractivity contribution in [2.45, 2.75) is 31.5 Å². The van der Waals surface area contributed by atoms with E-state index in [1.807, 2.05) is 32.0 Å². The standard InChI is InChI=1S/C19H18N4O4S/c1-11-9-16(24)20-14-5-3-4-6-15(14)23(11)17(25)10-28-19-22-21-18(27-19)13-7-8-26-12(13)2/h3-8,11H,9-10H2,1-2H3,(H,20,24)/t11-/m0/s1. The summed E-state index contributed by atoms with van der Waals surface area (Å²) in [5.41, 5.74) is 2.04. The highest BCUT2D eigenvalue weighted by atomic mass is 32.2. The molecule has 1 aliphatic rings. The zero-order chi connectivity index (χ0) is 19.7. The van der Waals surface area contributed by atoms with Gasteiger partial charge in [0.05, 0.1) is 29.0 Å². The van der Waals surface area contributed by atoms with Crippen molar-refractivity contribution in [2.75, 3.05) is 16.0 Å². The van der Waals surface area contributed by atoms with Crippen LogP contribution in [-0.4, -0.2) is 33.8 Å². The highest BCUT2D eigenvalue weighted by Gasteiger charge is 2.29. The first kappa shape index (κ1) is 18.3. The Labute approximate surface area is 165 Å². The van der Waals surface area contributed by atoms with Gasteiger partial charge in [0.15, 0.2) is 0 Å². The number of aryl methyl sites for hydroxylation is 1. The fourth-order valence-corrected chi connectivity index (χ4v) is 3.77. The second-order valence-corrected chi connectivity index (χ2v) is 7.36. The predicted octanol–water partition coefficient (Wildman–Crippen LogP) is 3.49. The number of para-hydroxylation sites is 2. The molecule has 3 heterocycles. The Hall–Kier alpha value is -3.07. The van der Waals surface area contributed by atoms with E-state index in [0.29, 0.717) is 28.2 Å². The third kappa shape index (κ3) is 3.53. The number of carbonyl (C=O) groups excluding carboxylic acids is 2. The van der Waals surface area contributed by atoms with E-state index in [0.717, 1.165) is 17.3 Å². The lowest BCUT2D eigenvalue weighted by molar-refractivity contribution is -0.117. The molecule has 0 aliphatic carbocycles. The summed E-state index contributed by atoms with van der Waals surface area (Å²) in [6.45, 7) is 3.67. The van der Waals surface area contributed by atoms with Crippen molar-refractivity contribution in [3.63, 3.8) is 0 Å². The number of amides is 2. The molecule has 0 fully saturated rings. The topological polar surface area (TPSA) is 101 Å². The monoisotopic (exact) mass is 398 g/mol. The van der Waals surface area contributed by atoms with E-state index in [-0.39, 0.29) is 30.0 Å². The molecule has 8 nitrogen and oxygen atoms in total. The molecule has 0 spiro atoms. The minimum Gasteiger partial charge on any atom is -0.469 e. The Balaban J connectivity index is 1.50. The van der Waals surface area contributed by atoms with Gasteiger partial charge in [-0.05, 0) is 32.0 Å². The Morgan fingerprint density at radius 2 is 2.14 bits per heavy atom. The van der Waals surface area contributed by atoms with Crippen LogP contribution in [0.5, 0.6) is 0 Å². The van der Waals surface area contributed by atoms with E-state index in [2.05, 4.69) is 15.5 Å². The van der Waals surface area contributed by atoms with Gasteiger partial charge in [-0.2, -0.15) is 0 Å². The molecule has 144 valence electrons. The van der Waals surface area contributed by atoms with E-state index in [4.69, 9.17) is 8.83 Å². The number of carbonyl (C=O) groups is 2. The average Bonchev–Trinajstić information content (AvgIpc) is 3.27. The van der Waals surface area contributed by atoms with Gasteiger partial charge in [-0.25, -0.2) is 0 Å². The van der Waals surface area contributed by atoms with Gasteiger partial charge in [0, 0.05) is 12.5 Å². The summed E-state index contributed by atoms with van der Waals surface area (Å²) in [6.07, 6.45) is 1.79. The van der Waals surface area contributed by atoms with Gasteiger partial charge in [-0.15, -0.1) is 10.2 Å². The van der Waals surface area contributed by atoms with E-state index < -0.39 is 0 Å². The molecular formula is C19H18N4O4S. The van der Waals surface area contributed by atoms with E-state index in [1.165, 1.54) is 0 Å². The smallest absolute Gasteiger partial charge is 0.277 e. The number of nitrogens with zero attached hydrogens (tertiary/aromatic N) is 3. The molecule has 1 aromatic carbocycles. The van der Waals surface area contributed by atoms with E-state index in [9.17, 15) is 9.59 Å². The Bertz CT molecular complexity index is 1030. The van der Waals surface area contributed by atoms with E-state index in [1.54, 1.807) is 23.3 Å². The highest BCUT2D eigenvalue weighted by Crippen LogP contribution is 2.32. The summed E-state index contributed by atoms with van der Waals surface area (Å²) in [5, 5.41) is 11.1. The Morgan fingerprint density at radius 1 is 1.32 bits per heavy atom. The normalized spacial score (nSPS) is 16.4. The van der Waals surface area contributed by atoms with Crippen LogP contribution in [0.15, 0.2) is 50.7 Å². The first-order chi connectivity index (χ1) is 13.5. The van der Waals surface area contributed by atoms with Crippen molar-refractivity contribution in [3.05, 3.63) is 42.4 Å². The van der Waals surface area contributed by atoms with Crippen molar-refractivity contribution in [2.24, 2.45) is 0 Å². The van der Waals surface area contributed by atoms with Gasteiger partial charge >= 0.3 is 0 Å². The van der Waals surface area contributed by atoms with Crippen molar-refractivity contribution >= 4 is 35.0 Å². The van der Waals surface area contributed by atoms with Crippen LogP contribution in [0.3, 0.4) is 0 Å². The minimum atomic E-state index is -0.261. The third-order valence-electron chi connectivity index (χ3n) is 4.44.